The van der Waals surface area contributed by atoms with Crippen LogP contribution in [0, 0.1) is 17.8 Å². The maximum atomic E-state index is 6.13. The molecular weight excluding hydrogens is 354 g/mol. The summed E-state index contributed by atoms with van der Waals surface area (Å²) in [6.45, 7) is 0. The summed E-state index contributed by atoms with van der Waals surface area (Å²) in [4.78, 5) is 0. The molecule has 1 N–H and O–H groups in total. The molecule has 4 nitrogen and oxygen atoms in total. The summed E-state index contributed by atoms with van der Waals surface area (Å²) < 4.78 is 5.42. The lowest BCUT2D eigenvalue weighted by Gasteiger charge is -2.55. The summed E-state index contributed by atoms with van der Waals surface area (Å²) in [6.07, 6.45) is 8.28. The van der Waals surface area contributed by atoms with Gasteiger partial charge in [0.05, 0.1) is 12.8 Å². The van der Waals surface area contributed by atoms with E-state index in [1.54, 1.807) is 18.4 Å². The van der Waals surface area contributed by atoms with Gasteiger partial charge >= 0.3 is 0 Å². The van der Waals surface area contributed by atoms with Crippen molar-refractivity contribution in [2.45, 2.75) is 43.9 Å². The van der Waals surface area contributed by atoms with Gasteiger partial charge in [0.1, 0.15) is 10.8 Å². The van der Waals surface area contributed by atoms with Crippen molar-refractivity contribution in [1.29, 1.82) is 0 Å². The molecule has 2 aromatic rings. The summed E-state index contributed by atoms with van der Waals surface area (Å²) in [6, 6.07) is 5.56. The molecular formula is C19H22ClN3OS. The Balaban J connectivity index is 1.42. The minimum atomic E-state index is 0.296. The quantitative estimate of drug-likeness (QED) is 0.775. The molecule has 0 amide bonds. The van der Waals surface area contributed by atoms with Crippen molar-refractivity contribution in [2.24, 2.45) is 17.8 Å². The third-order valence-corrected chi connectivity index (χ3v) is 7.64. The predicted octanol–water partition coefficient (Wildman–Crippen LogP) is 5.41. The molecule has 0 saturated heterocycles. The van der Waals surface area contributed by atoms with Crippen molar-refractivity contribution < 1.29 is 4.74 Å². The van der Waals surface area contributed by atoms with Gasteiger partial charge in [-0.15, -0.1) is 10.2 Å². The number of rotatable bonds is 4. The highest BCUT2D eigenvalue weighted by Gasteiger charge is 2.53. The molecule has 132 valence electrons. The third-order valence-electron chi connectivity index (χ3n) is 6.32. The van der Waals surface area contributed by atoms with Gasteiger partial charge in [-0.05, 0) is 74.5 Å². The zero-order chi connectivity index (χ0) is 17.0. The largest absolute Gasteiger partial charge is 0.495 e. The zero-order valence-corrected chi connectivity index (χ0v) is 15.9. The van der Waals surface area contributed by atoms with Gasteiger partial charge in [-0.1, -0.05) is 22.9 Å². The van der Waals surface area contributed by atoms with Crippen molar-refractivity contribution in [2.75, 3.05) is 12.4 Å². The Hall–Kier alpha value is -1.33. The van der Waals surface area contributed by atoms with Gasteiger partial charge in [0.15, 0.2) is 0 Å². The fraction of sp³-hybridized carbons (Fsp3) is 0.579. The third kappa shape index (κ3) is 2.72. The number of halogens is 1. The Kier molecular flexibility index (Phi) is 3.72. The second-order valence-corrected chi connectivity index (χ2v) is 9.49. The minimum Gasteiger partial charge on any atom is -0.495 e. The standard InChI is InChI=1S/C19H22ClN3OS/c1-24-16-3-2-14(20)7-15(16)21-18-23-22-17(25-18)19-8-11-4-12(9-19)6-13(5-11)10-19/h2-3,7,11-13H,4-6,8-10H2,1H3,(H,21,23). The SMILES string of the molecule is COc1ccc(Cl)cc1Nc1nnc(C23CC4CC(CC(C4)C2)C3)s1. The Morgan fingerprint density at radius 3 is 2.44 bits per heavy atom. The topological polar surface area (TPSA) is 47.0 Å². The van der Waals surface area contributed by atoms with Crippen LogP contribution in [0.5, 0.6) is 5.75 Å². The highest BCUT2D eigenvalue weighted by atomic mass is 35.5. The molecule has 4 saturated carbocycles. The molecule has 6 heteroatoms. The van der Waals surface area contributed by atoms with E-state index in [0.717, 1.165) is 34.3 Å². The van der Waals surface area contributed by atoms with Crippen LogP contribution in [0.1, 0.15) is 43.5 Å². The van der Waals surface area contributed by atoms with E-state index >= 15 is 0 Å². The average Bonchev–Trinajstić information content (AvgIpc) is 3.03. The minimum absolute atomic E-state index is 0.296. The molecule has 4 aliphatic carbocycles. The Morgan fingerprint density at radius 2 is 1.80 bits per heavy atom. The van der Waals surface area contributed by atoms with E-state index in [1.807, 2.05) is 18.2 Å². The summed E-state index contributed by atoms with van der Waals surface area (Å²) in [5, 5.41) is 15.1. The van der Waals surface area contributed by atoms with Crippen LogP contribution in [0.25, 0.3) is 0 Å². The van der Waals surface area contributed by atoms with Gasteiger partial charge < -0.3 is 10.1 Å². The number of nitrogens with zero attached hydrogens (tertiary/aromatic N) is 2. The highest BCUT2D eigenvalue weighted by molar-refractivity contribution is 7.15. The van der Waals surface area contributed by atoms with Crippen molar-refractivity contribution in [3.63, 3.8) is 0 Å². The molecule has 1 heterocycles. The van der Waals surface area contributed by atoms with Crippen LogP contribution < -0.4 is 10.1 Å². The van der Waals surface area contributed by atoms with Gasteiger partial charge in [0.25, 0.3) is 0 Å². The predicted molar refractivity (Wildman–Crippen MR) is 101 cm³/mol. The average molecular weight is 376 g/mol. The lowest BCUT2D eigenvalue weighted by Crippen LogP contribution is -2.48. The van der Waals surface area contributed by atoms with Crippen LogP contribution in [0.2, 0.25) is 5.02 Å². The summed E-state index contributed by atoms with van der Waals surface area (Å²) in [5.41, 5.74) is 1.13. The molecule has 25 heavy (non-hydrogen) atoms. The molecule has 1 aromatic heterocycles. The second kappa shape index (κ2) is 5.85. The number of hydrogen-bond donors (Lipinski definition) is 1. The smallest absolute Gasteiger partial charge is 0.210 e. The molecule has 0 atom stereocenters. The maximum Gasteiger partial charge on any atom is 0.210 e. The van der Waals surface area contributed by atoms with E-state index in [0.29, 0.717) is 10.4 Å². The van der Waals surface area contributed by atoms with E-state index in [2.05, 4.69) is 15.5 Å². The molecule has 0 aliphatic heterocycles. The number of benzene rings is 1. The Labute approximate surface area is 157 Å². The van der Waals surface area contributed by atoms with Crippen LogP contribution in [0.4, 0.5) is 10.8 Å². The Morgan fingerprint density at radius 1 is 1.12 bits per heavy atom. The summed E-state index contributed by atoms with van der Waals surface area (Å²) in [7, 11) is 1.66. The first-order valence-electron chi connectivity index (χ1n) is 9.08. The van der Waals surface area contributed by atoms with Crippen LogP contribution in [-0.4, -0.2) is 17.3 Å². The van der Waals surface area contributed by atoms with Gasteiger partial charge in [-0.2, -0.15) is 0 Å². The van der Waals surface area contributed by atoms with E-state index in [-0.39, 0.29) is 0 Å². The number of anilines is 2. The van der Waals surface area contributed by atoms with E-state index in [1.165, 1.54) is 43.5 Å². The first-order chi connectivity index (χ1) is 12.1. The molecule has 4 fully saturated rings. The molecule has 4 bridgehead atoms. The van der Waals surface area contributed by atoms with Gasteiger partial charge in [-0.25, -0.2) is 0 Å². The number of hydrogen-bond acceptors (Lipinski definition) is 5. The van der Waals surface area contributed by atoms with Crippen LogP contribution >= 0.6 is 22.9 Å². The molecule has 4 aliphatic rings. The maximum absolute atomic E-state index is 6.13. The van der Waals surface area contributed by atoms with Crippen LogP contribution in [-0.2, 0) is 5.41 Å². The number of methoxy groups -OCH3 is 1. The van der Waals surface area contributed by atoms with Crippen molar-refractivity contribution in [3.8, 4) is 5.75 Å². The van der Waals surface area contributed by atoms with E-state index in [4.69, 9.17) is 16.3 Å². The van der Waals surface area contributed by atoms with Gasteiger partial charge in [0, 0.05) is 10.4 Å². The van der Waals surface area contributed by atoms with Crippen molar-refractivity contribution in [3.05, 3.63) is 28.2 Å². The van der Waals surface area contributed by atoms with E-state index < -0.39 is 0 Å². The number of aromatic nitrogens is 2. The number of ether oxygens (including phenoxy) is 1. The van der Waals surface area contributed by atoms with Crippen molar-refractivity contribution >= 4 is 33.8 Å². The molecule has 1 aromatic carbocycles. The monoisotopic (exact) mass is 375 g/mol. The molecule has 0 spiro atoms. The van der Waals surface area contributed by atoms with Crippen LogP contribution in [0.3, 0.4) is 0 Å². The van der Waals surface area contributed by atoms with Crippen molar-refractivity contribution in [1.82, 2.24) is 10.2 Å². The van der Waals surface area contributed by atoms with Gasteiger partial charge in [-0.3, -0.25) is 0 Å². The fourth-order valence-corrected chi connectivity index (χ4v) is 6.90. The number of nitrogens with one attached hydrogen (secondary N) is 1. The lowest BCUT2D eigenvalue weighted by molar-refractivity contribution is -0.00555. The highest BCUT2D eigenvalue weighted by Crippen LogP contribution is 2.61. The fourth-order valence-electron chi connectivity index (χ4n) is 5.75. The van der Waals surface area contributed by atoms with Gasteiger partial charge in [0.2, 0.25) is 5.13 Å². The summed E-state index contributed by atoms with van der Waals surface area (Å²) in [5.74, 6) is 3.51. The lowest BCUT2D eigenvalue weighted by atomic mass is 9.50. The first kappa shape index (κ1) is 15.9. The summed E-state index contributed by atoms with van der Waals surface area (Å²) >= 11 is 7.84. The molecule has 6 rings (SSSR count). The molecule has 0 radical (unpaired) electrons. The normalized spacial score (nSPS) is 32.8. The zero-order valence-electron chi connectivity index (χ0n) is 14.3. The second-order valence-electron chi connectivity index (χ2n) is 8.08. The molecule has 0 unspecified atom stereocenters. The van der Waals surface area contributed by atoms with E-state index in [9.17, 15) is 0 Å². The first-order valence-corrected chi connectivity index (χ1v) is 10.3. The Bertz CT molecular complexity index is 770. The van der Waals surface area contributed by atoms with Crippen LogP contribution in [0.15, 0.2) is 18.2 Å².